The number of carbonyl (C=O) groups excluding carboxylic acids is 1. The van der Waals surface area contributed by atoms with Crippen molar-refractivity contribution in [1.82, 2.24) is 14.8 Å². The predicted octanol–water partition coefficient (Wildman–Crippen LogP) is 2.64. The number of aromatic nitrogens is 1. The van der Waals surface area contributed by atoms with E-state index in [-0.39, 0.29) is 5.91 Å². The molecule has 2 aromatic rings. The highest BCUT2D eigenvalue weighted by molar-refractivity contribution is 5.94. The molecule has 156 valence electrons. The lowest BCUT2D eigenvalue weighted by Crippen LogP contribution is -2.48. The fourth-order valence-electron chi connectivity index (χ4n) is 3.36. The van der Waals surface area contributed by atoms with Crippen LogP contribution in [-0.4, -0.2) is 66.6 Å². The van der Waals surface area contributed by atoms with E-state index in [1.807, 2.05) is 56.4 Å². The van der Waals surface area contributed by atoms with Crippen LogP contribution in [0.1, 0.15) is 19.5 Å². The van der Waals surface area contributed by atoms with Crippen molar-refractivity contribution in [2.45, 2.75) is 20.4 Å². The van der Waals surface area contributed by atoms with E-state index in [0.29, 0.717) is 31.2 Å². The summed E-state index contributed by atoms with van der Waals surface area (Å²) in [6, 6.07) is 11.5. The summed E-state index contributed by atoms with van der Waals surface area (Å²) in [5.41, 5.74) is 1.73. The second-order valence-corrected chi connectivity index (χ2v) is 6.95. The molecule has 1 saturated heterocycles. The Morgan fingerprint density at radius 1 is 1.03 bits per heavy atom. The quantitative estimate of drug-likeness (QED) is 0.701. The van der Waals surface area contributed by atoms with Gasteiger partial charge in [-0.15, -0.1) is 0 Å². The molecule has 0 radical (unpaired) electrons. The lowest BCUT2D eigenvalue weighted by atomic mass is 10.2. The highest BCUT2D eigenvalue weighted by atomic mass is 16.5. The number of anilines is 1. The van der Waals surface area contributed by atoms with E-state index in [9.17, 15) is 4.79 Å². The summed E-state index contributed by atoms with van der Waals surface area (Å²) in [5, 5.41) is 2.98. The van der Waals surface area contributed by atoms with Gasteiger partial charge in [-0.2, -0.15) is 0 Å². The van der Waals surface area contributed by atoms with Gasteiger partial charge in [0.2, 0.25) is 5.91 Å². The van der Waals surface area contributed by atoms with E-state index in [1.165, 1.54) is 0 Å². The number of nitrogens with one attached hydrogen (secondary N) is 1. The Labute approximate surface area is 172 Å². The number of pyridine rings is 1. The average Bonchev–Trinajstić information content (AvgIpc) is 2.72. The van der Waals surface area contributed by atoms with Crippen LogP contribution in [0.5, 0.6) is 11.5 Å². The van der Waals surface area contributed by atoms with Gasteiger partial charge in [0.1, 0.15) is 11.5 Å². The molecule has 0 bridgehead atoms. The summed E-state index contributed by atoms with van der Waals surface area (Å²) in [5.74, 6) is 1.33. The number of benzene rings is 1. The maximum atomic E-state index is 12.6. The van der Waals surface area contributed by atoms with Crippen molar-refractivity contribution in [3.8, 4) is 11.5 Å². The first-order chi connectivity index (χ1) is 14.2. The smallest absolute Gasteiger partial charge is 0.238 e. The van der Waals surface area contributed by atoms with Crippen molar-refractivity contribution in [3.63, 3.8) is 0 Å². The summed E-state index contributed by atoms with van der Waals surface area (Å²) < 4.78 is 11.2. The highest BCUT2D eigenvalue weighted by Crippen LogP contribution is 2.29. The second kappa shape index (κ2) is 10.8. The summed E-state index contributed by atoms with van der Waals surface area (Å²) >= 11 is 0. The van der Waals surface area contributed by atoms with Gasteiger partial charge >= 0.3 is 0 Å². The minimum atomic E-state index is -0.0437. The molecule has 1 N–H and O–H groups in total. The minimum Gasteiger partial charge on any atom is -0.494 e. The summed E-state index contributed by atoms with van der Waals surface area (Å²) in [7, 11) is 0. The number of ether oxygens (including phenoxy) is 2. The standard InChI is InChI=1S/C22H30N4O3/c1-3-28-19-8-9-21(29-4-2)20(15-19)24-22(27)17-26-13-11-25(12-14-26)16-18-7-5-6-10-23-18/h5-10,15H,3-4,11-14,16-17H2,1-2H3,(H,24,27). The van der Waals surface area contributed by atoms with E-state index in [2.05, 4.69) is 20.1 Å². The van der Waals surface area contributed by atoms with Gasteiger partial charge in [-0.25, -0.2) is 0 Å². The highest BCUT2D eigenvalue weighted by Gasteiger charge is 2.20. The minimum absolute atomic E-state index is 0.0437. The molecule has 29 heavy (non-hydrogen) atoms. The number of piperazine rings is 1. The van der Waals surface area contributed by atoms with Crippen LogP contribution >= 0.6 is 0 Å². The molecule has 2 heterocycles. The van der Waals surface area contributed by atoms with Crippen LogP contribution < -0.4 is 14.8 Å². The molecule has 0 atom stereocenters. The second-order valence-electron chi connectivity index (χ2n) is 6.95. The zero-order valence-corrected chi connectivity index (χ0v) is 17.3. The fourth-order valence-corrected chi connectivity index (χ4v) is 3.36. The lowest BCUT2D eigenvalue weighted by molar-refractivity contribution is -0.117. The van der Waals surface area contributed by atoms with Gasteiger partial charge in [-0.1, -0.05) is 6.07 Å². The molecule has 1 aliphatic heterocycles. The van der Waals surface area contributed by atoms with Crippen LogP contribution in [0.2, 0.25) is 0 Å². The fraction of sp³-hybridized carbons (Fsp3) is 0.455. The van der Waals surface area contributed by atoms with Gasteiger partial charge in [-0.05, 0) is 38.1 Å². The third-order valence-corrected chi connectivity index (χ3v) is 4.78. The average molecular weight is 399 g/mol. The van der Waals surface area contributed by atoms with Crippen LogP contribution in [0.25, 0.3) is 0 Å². The van der Waals surface area contributed by atoms with Crippen LogP contribution in [0, 0.1) is 0 Å². The van der Waals surface area contributed by atoms with Crippen LogP contribution in [0.4, 0.5) is 5.69 Å². The van der Waals surface area contributed by atoms with Crippen LogP contribution in [0.15, 0.2) is 42.6 Å². The maximum Gasteiger partial charge on any atom is 0.238 e. The molecule has 7 heteroatoms. The molecule has 0 saturated carbocycles. The molecule has 7 nitrogen and oxygen atoms in total. The number of amides is 1. The SMILES string of the molecule is CCOc1ccc(OCC)c(NC(=O)CN2CCN(Cc3ccccn3)CC2)c1. The summed E-state index contributed by atoms with van der Waals surface area (Å²) in [4.78, 5) is 21.5. The molecule has 3 rings (SSSR count). The molecule has 0 unspecified atom stereocenters. The Kier molecular flexibility index (Phi) is 7.84. The predicted molar refractivity (Wildman–Crippen MR) is 113 cm³/mol. The summed E-state index contributed by atoms with van der Waals surface area (Å²) in [6.07, 6.45) is 1.83. The molecule has 1 aromatic heterocycles. The molecular weight excluding hydrogens is 368 g/mol. The molecular formula is C22H30N4O3. The molecule has 0 spiro atoms. The largest absolute Gasteiger partial charge is 0.494 e. The Morgan fingerprint density at radius 2 is 1.79 bits per heavy atom. The third kappa shape index (κ3) is 6.44. The van der Waals surface area contributed by atoms with Crippen molar-refractivity contribution in [2.24, 2.45) is 0 Å². The maximum absolute atomic E-state index is 12.6. The van der Waals surface area contributed by atoms with Crippen molar-refractivity contribution in [3.05, 3.63) is 48.3 Å². The van der Waals surface area contributed by atoms with Crippen molar-refractivity contribution in [1.29, 1.82) is 0 Å². The number of nitrogens with zero attached hydrogens (tertiary/aromatic N) is 3. The van der Waals surface area contributed by atoms with Crippen LogP contribution in [0.3, 0.4) is 0 Å². The van der Waals surface area contributed by atoms with E-state index in [1.54, 1.807) is 0 Å². The molecule has 1 aromatic carbocycles. The normalized spacial score (nSPS) is 15.1. The number of rotatable bonds is 9. The Bertz CT molecular complexity index is 777. The van der Waals surface area contributed by atoms with E-state index in [0.717, 1.165) is 44.2 Å². The van der Waals surface area contributed by atoms with Gasteiger partial charge in [0.05, 0.1) is 31.1 Å². The zero-order chi connectivity index (χ0) is 20.5. The van der Waals surface area contributed by atoms with E-state index >= 15 is 0 Å². The topological polar surface area (TPSA) is 66.9 Å². The number of hydrogen-bond donors (Lipinski definition) is 1. The first kappa shape index (κ1) is 21.1. The third-order valence-electron chi connectivity index (χ3n) is 4.78. The monoisotopic (exact) mass is 398 g/mol. The first-order valence-corrected chi connectivity index (χ1v) is 10.2. The number of hydrogen-bond acceptors (Lipinski definition) is 6. The Morgan fingerprint density at radius 3 is 2.48 bits per heavy atom. The van der Waals surface area contributed by atoms with Gasteiger partial charge in [-0.3, -0.25) is 19.6 Å². The summed E-state index contributed by atoms with van der Waals surface area (Å²) in [6.45, 7) is 9.75. The van der Waals surface area contributed by atoms with Gasteiger partial charge in [0.25, 0.3) is 0 Å². The van der Waals surface area contributed by atoms with Gasteiger partial charge in [0, 0.05) is 45.0 Å². The van der Waals surface area contributed by atoms with Gasteiger partial charge in [0.15, 0.2) is 0 Å². The Balaban J connectivity index is 1.50. The van der Waals surface area contributed by atoms with Crippen molar-refractivity contribution >= 4 is 11.6 Å². The van der Waals surface area contributed by atoms with Crippen molar-refractivity contribution < 1.29 is 14.3 Å². The molecule has 1 amide bonds. The first-order valence-electron chi connectivity index (χ1n) is 10.2. The molecule has 1 fully saturated rings. The zero-order valence-electron chi connectivity index (χ0n) is 17.3. The van der Waals surface area contributed by atoms with E-state index < -0.39 is 0 Å². The lowest BCUT2D eigenvalue weighted by Gasteiger charge is -2.34. The van der Waals surface area contributed by atoms with Crippen LogP contribution in [-0.2, 0) is 11.3 Å². The van der Waals surface area contributed by atoms with Crippen molar-refractivity contribution in [2.75, 3.05) is 51.3 Å². The number of carbonyl (C=O) groups is 1. The molecule has 0 aliphatic carbocycles. The molecule has 1 aliphatic rings. The van der Waals surface area contributed by atoms with E-state index in [4.69, 9.17) is 9.47 Å². The van der Waals surface area contributed by atoms with Gasteiger partial charge < -0.3 is 14.8 Å². The Hall–Kier alpha value is -2.64.